The van der Waals surface area contributed by atoms with Crippen molar-refractivity contribution < 1.29 is 14.3 Å². The third kappa shape index (κ3) is 2.74. The molecule has 0 saturated carbocycles. The van der Waals surface area contributed by atoms with E-state index >= 15 is 0 Å². The number of carbonyl (C=O) groups is 1. The van der Waals surface area contributed by atoms with Gasteiger partial charge in [-0.05, 0) is 19.9 Å². The minimum absolute atomic E-state index is 0.115. The van der Waals surface area contributed by atoms with Gasteiger partial charge in [0.1, 0.15) is 11.3 Å². The van der Waals surface area contributed by atoms with Gasteiger partial charge in [-0.1, -0.05) is 0 Å². The molecule has 7 nitrogen and oxygen atoms in total. The highest BCUT2D eigenvalue weighted by molar-refractivity contribution is 5.97. The molecule has 0 spiro atoms. The topological polar surface area (TPSA) is 84.5 Å². The largest absolute Gasteiger partial charge is 0.496 e. The van der Waals surface area contributed by atoms with E-state index in [2.05, 4.69) is 9.97 Å². The summed E-state index contributed by atoms with van der Waals surface area (Å²) in [5.74, 6) is 0.0933. The van der Waals surface area contributed by atoms with Gasteiger partial charge in [-0.25, -0.2) is 9.78 Å². The SMILES string of the molecule is COC(=O)c1cc2nc(N(C)C(C)C)c(=O)[nH]c2cc1OC. The van der Waals surface area contributed by atoms with Crippen molar-refractivity contribution in [2.75, 3.05) is 26.2 Å². The zero-order chi connectivity index (χ0) is 16.4. The first-order valence-electron chi connectivity index (χ1n) is 6.82. The lowest BCUT2D eigenvalue weighted by atomic mass is 10.1. The van der Waals surface area contributed by atoms with Crippen LogP contribution in [0.25, 0.3) is 11.0 Å². The average Bonchev–Trinajstić information content (AvgIpc) is 2.51. The molecule has 0 fully saturated rings. The molecule has 0 radical (unpaired) electrons. The molecule has 0 aliphatic carbocycles. The molecule has 0 saturated heterocycles. The number of hydrogen-bond acceptors (Lipinski definition) is 6. The van der Waals surface area contributed by atoms with Gasteiger partial charge < -0.3 is 19.4 Å². The van der Waals surface area contributed by atoms with Crippen molar-refractivity contribution in [1.29, 1.82) is 0 Å². The normalized spacial score (nSPS) is 10.8. The summed E-state index contributed by atoms with van der Waals surface area (Å²) >= 11 is 0. The molecule has 7 heteroatoms. The zero-order valence-electron chi connectivity index (χ0n) is 13.3. The van der Waals surface area contributed by atoms with Crippen molar-refractivity contribution in [3.8, 4) is 5.75 Å². The van der Waals surface area contributed by atoms with Gasteiger partial charge >= 0.3 is 5.97 Å². The Morgan fingerprint density at radius 1 is 1.32 bits per heavy atom. The number of anilines is 1. The summed E-state index contributed by atoms with van der Waals surface area (Å²) in [7, 11) is 4.53. The van der Waals surface area contributed by atoms with E-state index < -0.39 is 5.97 Å². The molecule has 0 unspecified atom stereocenters. The summed E-state index contributed by atoms with van der Waals surface area (Å²) in [5.41, 5.74) is 0.950. The third-order valence-electron chi connectivity index (χ3n) is 3.51. The fourth-order valence-corrected chi connectivity index (χ4v) is 2.03. The highest BCUT2D eigenvalue weighted by atomic mass is 16.5. The number of nitrogens with zero attached hydrogens (tertiary/aromatic N) is 2. The molecule has 2 rings (SSSR count). The molecule has 0 amide bonds. The maximum atomic E-state index is 12.2. The molecular formula is C15H19N3O4. The molecule has 0 bridgehead atoms. The average molecular weight is 305 g/mol. The molecule has 1 N–H and O–H groups in total. The van der Waals surface area contributed by atoms with Crippen molar-refractivity contribution in [2.24, 2.45) is 0 Å². The number of hydrogen-bond donors (Lipinski definition) is 1. The van der Waals surface area contributed by atoms with Crippen LogP contribution in [0.15, 0.2) is 16.9 Å². The van der Waals surface area contributed by atoms with Gasteiger partial charge in [-0.15, -0.1) is 0 Å². The van der Waals surface area contributed by atoms with E-state index in [1.807, 2.05) is 13.8 Å². The Bertz CT molecular complexity index is 767. The first kappa shape index (κ1) is 15.8. The van der Waals surface area contributed by atoms with Gasteiger partial charge in [-0.3, -0.25) is 4.79 Å². The third-order valence-corrected chi connectivity index (χ3v) is 3.51. The molecule has 0 atom stereocenters. The Labute approximate surface area is 127 Å². The van der Waals surface area contributed by atoms with Crippen LogP contribution >= 0.6 is 0 Å². The number of esters is 1. The smallest absolute Gasteiger partial charge is 0.341 e. The summed E-state index contributed by atoms with van der Waals surface area (Å²) in [6.45, 7) is 3.92. The van der Waals surface area contributed by atoms with Crippen LogP contribution in [0.3, 0.4) is 0 Å². The number of fused-ring (bicyclic) bond motifs is 1. The number of ether oxygens (including phenoxy) is 2. The van der Waals surface area contributed by atoms with Gasteiger partial charge in [0, 0.05) is 19.2 Å². The number of nitrogens with one attached hydrogen (secondary N) is 1. The first-order valence-corrected chi connectivity index (χ1v) is 6.82. The maximum Gasteiger partial charge on any atom is 0.341 e. The second-order valence-corrected chi connectivity index (χ2v) is 5.16. The van der Waals surface area contributed by atoms with Crippen LogP contribution in [-0.2, 0) is 4.74 Å². The van der Waals surface area contributed by atoms with Gasteiger partial charge in [0.15, 0.2) is 5.82 Å². The van der Waals surface area contributed by atoms with Crippen molar-refractivity contribution in [2.45, 2.75) is 19.9 Å². The summed E-state index contributed by atoms with van der Waals surface area (Å²) in [6, 6.07) is 3.23. The lowest BCUT2D eigenvalue weighted by Crippen LogP contribution is -2.32. The highest BCUT2D eigenvalue weighted by Gasteiger charge is 2.17. The van der Waals surface area contributed by atoms with E-state index in [0.717, 1.165) is 0 Å². The predicted octanol–water partition coefficient (Wildman–Crippen LogP) is 1.56. The van der Waals surface area contributed by atoms with E-state index in [1.54, 1.807) is 24.1 Å². The number of aromatic amines is 1. The molecule has 1 aromatic heterocycles. The summed E-state index contributed by atoms with van der Waals surface area (Å²) < 4.78 is 9.91. The summed E-state index contributed by atoms with van der Waals surface area (Å²) in [6.07, 6.45) is 0. The molecule has 2 aromatic rings. The molecule has 1 aromatic carbocycles. The van der Waals surface area contributed by atoms with Crippen molar-refractivity contribution in [3.63, 3.8) is 0 Å². The first-order chi connectivity index (χ1) is 10.4. The number of aromatic nitrogens is 2. The van der Waals surface area contributed by atoms with E-state index in [0.29, 0.717) is 22.6 Å². The number of methoxy groups -OCH3 is 2. The monoisotopic (exact) mass is 305 g/mol. The van der Waals surface area contributed by atoms with Crippen LogP contribution in [0.1, 0.15) is 24.2 Å². The Kier molecular flexibility index (Phi) is 4.35. The second-order valence-electron chi connectivity index (χ2n) is 5.16. The molecule has 0 aliphatic rings. The Morgan fingerprint density at radius 3 is 2.55 bits per heavy atom. The number of rotatable bonds is 4. The van der Waals surface area contributed by atoms with Gasteiger partial charge in [0.05, 0.1) is 25.3 Å². The molecule has 0 aliphatic heterocycles. The minimum atomic E-state index is -0.523. The maximum absolute atomic E-state index is 12.2. The number of H-pyrrole nitrogens is 1. The van der Waals surface area contributed by atoms with Gasteiger partial charge in [-0.2, -0.15) is 0 Å². The molecule has 22 heavy (non-hydrogen) atoms. The van der Waals surface area contributed by atoms with E-state index in [1.165, 1.54) is 14.2 Å². The molecular weight excluding hydrogens is 286 g/mol. The molecule has 1 heterocycles. The molecule has 118 valence electrons. The summed E-state index contributed by atoms with van der Waals surface area (Å²) in [4.78, 5) is 32.9. The van der Waals surface area contributed by atoms with E-state index in [4.69, 9.17) is 9.47 Å². The lowest BCUT2D eigenvalue weighted by molar-refractivity contribution is 0.0597. The fraction of sp³-hybridized carbons (Fsp3) is 0.400. The lowest BCUT2D eigenvalue weighted by Gasteiger charge is -2.21. The van der Waals surface area contributed by atoms with Crippen LogP contribution in [0.4, 0.5) is 5.82 Å². The van der Waals surface area contributed by atoms with Crippen LogP contribution in [0, 0.1) is 0 Å². The van der Waals surface area contributed by atoms with Crippen LogP contribution in [0.5, 0.6) is 5.75 Å². The fourth-order valence-electron chi connectivity index (χ4n) is 2.03. The van der Waals surface area contributed by atoms with Crippen molar-refractivity contribution >= 4 is 22.8 Å². The Balaban J connectivity index is 2.70. The van der Waals surface area contributed by atoms with E-state index in [9.17, 15) is 9.59 Å². The van der Waals surface area contributed by atoms with Gasteiger partial charge in [0.2, 0.25) is 0 Å². The van der Waals surface area contributed by atoms with E-state index in [-0.39, 0.29) is 17.2 Å². The van der Waals surface area contributed by atoms with Crippen molar-refractivity contribution in [3.05, 3.63) is 28.0 Å². The highest BCUT2D eigenvalue weighted by Crippen LogP contribution is 2.25. The van der Waals surface area contributed by atoms with Crippen LogP contribution in [0.2, 0.25) is 0 Å². The Hall–Kier alpha value is -2.57. The Morgan fingerprint density at radius 2 is 2.00 bits per heavy atom. The van der Waals surface area contributed by atoms with Gasteiger partial charge in [0.25, 0.3) is 5.56 Å². The second kappa shape index (κ2) is 6.05. The zero-order valence-corrected chi connectivity index (χ0v) is 13.3. The number of benzene rings is 1. The van der Waals surface area contributed by atoms with Crippen LogP contribution < -0.4 is 15.2 Å². The predicted molar refractivity (Wildman–Crippen MR) is 83.8 cm³/mol. The minimum Gasteiger partial charge on any atom is -0.496 e. The quantitative estimate of drug-likeness (QED) is 0.863. The van der Waals surface area contributed by atoms with Crippen LogP contribution in [-0.4, -0.2) is 43.2 Å². The summed E-state index contributed by atoms with van der Waals surface area (Å²) in [5, 5.41) is 0. The van der Waals surface area contributed by atoms with Crippen molar-refractivity contribution in [1.82, 2.24) is 9.97 Å². The number of carbonyl (C=O) groups excluding carboxylic acids is 1. The standard InChI is InChI=1S/C15H19N3O4/c1-8(2)18(3)13-14(19)17-11-7-12(21-4)9(15(20)22-5)6-10(11)16-13/h6-8H,1-5H3,(H,17,19).